The topological polar surface area (TPSA) is 108 Å². The molecule has 3 atom stereocenters. The third-order valence-corrected chi connectivity index (χ3v) is 15.9. The van der Waals surface area contributed by atoms with Gasteiger partial charge in [0.15, 0.2) is 0 Å². The number of unbranched alkanes of at least 4 members (excludes halogenated alkanes) is 38. The molecule has 8 nitrogen and oxygen atoms in total. The molecule has 0 aliphatic rings. The molecule has 0 aromatic carbocycles. The summed E-state index contributed by atoms with van der Waals surface area (Å²) in [4.78, 5) is 25.6. The number of allylic oxidation sites excluding steroid dienone is 11. The van der Waals surface area contributed by atoms with E-state index in [1.807, 2.05) is 27.2 Å². The average molecular weight is 1110 g/mol. The van der Waals surface area contributed by atoms with Crippen LogP contribution in [0.15, 0.2) is 72.9 Å². The zero-order valence-electron chi connectivity index (χ0n) is 52.1. The van der Waals surface area contributed by atoms with Crippen LogP contribution in [-0.2, 0) is 18.4 Å². The third-order valence-electron chi connectivity index (χ3n) is 14.9. The number of quaternary nitrogens is 1. The SMILES string of the molecule is CC/C=C\C/C=C\C/C=C\C/C=C\C/C=C\CCCCCCCCCCCC(=O)NC(COP(=O)([O-])OCC[N+](C)(C)C)C(O)/C=C/CCCCCCCCCCCCCCCCCCCCCCCCCCCCCCC. The molecule has 0 bridgehead atoms. The quantitative estimate of drug-likeness (QED) is 0.0272. The van der Waals surface area contributed by atoms with Crippen molar-refractivity contribution >= 4 is 13.7 Å². The van der Waals surface area contributed by atoms with Crippen molar-refractivity contribution in [1.82, 2.24) is 5.32 Å². The Labute approximate surface area is 484 Å². The largest absolute Gasteiger partial charge is 0.756 e. The predicted molar refractivity (Wildman–Crippen MR) is 339 cm³/mol. The van der Waals surface area contributed by atoms with E-state index in [9.17, 15) is 19.4 Å². The van der Waals surface area contributed by atoms with Crippen LogP contribution in [-0.4, -0.2) is 68.5 Å². The number of likely N-dealkylation sites (N-methyl/N-ethyl adjacent to an activating group) is 1. The van der Waals surface area contributed by atoms with Gasteiger partial charge < -0.3 is 28.8 Å². The van der Waals surface area contributed by atoms with Crippen LogP contribution in [0.2, 0.25) is 0 Å². The zero-order valence-corrected chi connectivity index (χ0v) is 53.0. The van der Waals surface area contributed by atoms with Gasteiger partial charge in [-0.05, 0) is 64.2 Å². The fourth-order valence-electron chi connectivity index (χ4n) is 9.77. The Hall–Kier alpha value is -2.06. The maximum absolute atomic E-state index is 13.0. The fourth-order valence-corrected chi connectivity index (χ4v) is 10.5. The first-order valence-electron chi connectivity index (χ1n) is 33.3. The lowest BCUT2D eigenvalue weighted by Crippen LogP contribution is -2.45. The zero-order chi connectivity index (χ0) is 57.0. The number of carbonyl (C=O) groups is 1. The fraction of sp³-hybridized carbons (Fsp3) is 0.812. The summed E-state index contributed by atoms with van der Waals surface area (Å²) in [5, 5.41) is 13.9. The monoisotopic (exact) mass is 1110 g/mol. The van der Waals surface area contributed by atoms with Crippen molar-refractivity contribution in [2.45, 2.75) is 321 Å². The van der Waals surface area contributed by atoms with Gasteiger partial charge in [-0.25, -0.2) is 0 Å². The van der Waals surface area contributed by atoms with Crippen LogP contribution in [0.4, 0.5) is 0 Å². The van der Waals surface area contributed by atoms with E-state index in [0.717, 1.165) is 77.0 Å². The number of phosphoric ester groups is 1. The molecule has 0 aromatic heterocycles. The van der Waals surface area contributed by atoms with Gasteiger partial charge in [-0.3, -0.25) is 9.36 Å². The van der Waals surface area contributed by atoms with Crippen molar-refractivity contribution in [3.05, 3.63) is 72.9 Å². The van der Waals surface area contributed by atoms with Crippen molar-refractivity contribution in [2.75, 3.05) is 40.9 Å². The Morgan fingerprint density at radius 2 is 0.782 bits per heavy atom. The van der Waals surface area contributed by atoms with Gasteiger partial charge in [0.2, 0.25) is 5.91 Å². The summed E-state index contributed by atoms with van der Waals surface area (Å²) >= 11 is 0. The Morgan fingerprint density at radius 1 is 0.462 bits per heavy atom. The van der Waals surface area contributed by atoms with Gasteiger partial charge in [0.05, 0.1) is 39.9 Å². The number of carbonyl (C=O) groups excluding carboxylic acids is 1. The Kier molecular flexibility index (Phi) is 58.0. The van der Waals surface area contributed by atoms with Crippen LogP contribution >= 0.6 is 7.82 Å². The van der Waals surface area contributed by atoms with E-state index in [1.165, 1.54) is 212 Å². The van der Waals surface area contributed by atoms with Crippen molar-refractivity contribution in [1.29, 1.82) is 0 Å². The first-order chi connectivity index (χ1) is 38.0. The van der Waals surface area contributed by atoms with Crippen LogP contribution in [0.5, 0.6) is 0 Å². The maximum atomic E-state index is 13.0. The molecular weight excluding hydrogens is 984 g/mol. The van der Waals surface area contributed by atoms with E-state index >= 15 is 0 Å². The molecule has 0 aliphatic heterocycles. The first-order valence-corrected chi connectivity index (χ1v) is 34.8. The lowest BCUT2D eigenvalue weighted by molar-refractivity contribution is -0.870. The van der Waals surface area contributed by atoms with Crippen LogP contribution in [0.25, 0.3) is 0 Å². The summed E-state index contributed by atoms with van der Waals surface area (Å²) in [7, 11) is 1.26. The van der Waals surface area contributed by atoms with Crippen molar-refractivity contribution < 1.29 is 32.9 Å². The minimum atomic E-state index is -4.61. The molecule has 0 radical (unpaired) electrons. The molecule has 0 fully saturated rings. The van der Waals surface area contributed by atoms with Crippen LogP contribution < -0.4 is 10.2 Å². The van der Waals surface area contributed by atoms with Crippen LogP contribution in [0, 0.1) is 0 Å². The van der Waals surface area contributed by atoms with Crippen molar-refractivity contribution in [2.24, 2.45) is 0 Å². The molecule has 0 heterocycles. The molecule has 0 saturated heterocycles. The van der Waals surface area contributed by atoms with E-state index in [2.05, 4.69) is 79.9 Å². The van der Waals surface area contributed by atoms with Gasteiger partial charge >= 0.3 is 0 Å². The number of hydrogen-bond donors (Lipinski definition) is 2. The Morgan fingerprint density at radius 3 is 1.14 bits per heavy atom. The Bertz CT molecular complexity index is 1500. The van der Waals surface area contributed by atoms with Gasteiger partial charge in [0, 0.05) is 6.42 Å². The maximum Gasteiger partial charge on any atom is 0.268 e. The van der Waals surface area contributed by atoms with Crippen LogP contribution in [0.1, 0.15) is 309 Å². The summed E-state index contributed by atoms with van der Waals surface area (Å²) in [6, 6.07) is -0.896. The summed E-state index contributed by atoms with van der Waals surface area (Å²) < 4.78 is 23.4. The molecule has 0 saturated carbocycles. The number of aliphatic hydroxyl groups is 1. The number of nitrogens with zero attached hydrogens (tertiary/aromatic N) is 1. The molecule has 456 valence electrons. The molecule has 3 unspecified atom stereocenters. The van der Waals surface area contributed by atoms with Crippen LogP contribution in [0.3, 0.4) is 0 Å². The highest BCUT2D eigenvalue weighted by molar-refractivity contribution is 7.45. The number of amides is 1. The minimum absolute atomic E-state index is 0.00471. The van der Waals surface area contributed by atoms with Gasteiger partial charge in [-0.15, -0.1) is 0 Å². The lowest BCUT2D eigenvalue weighted by atomic mass is 10.0. The van der Waals surface area contributed by atoms with Gasteiger partial charge in [0.25, 0.3) is 7.82 Å². The molecule has 78 heavy (non-hydrogen) atoms. The van der Waals surface area contributed by atoms with E-state index < -0.39 is 20.0 Å². The number of aliphatic hydroxyl groups excluding tert-OH is 1. The van der Waals surface area contributed by atoms with E-state index in [0.29, 0.717) is 17.4 Å². The van der Waals surface area contributed by atoms with Gasteiger partial charge in [-0.1, -0.05) is 311 Å². The second-order valence-corrected chi connectivity index (χ2v) is 25.2. The summed E-state index contributed by atoms with van der Waals surface area (Å²) in [6.45, 7) is 4.56. The van der Waals surface area contributed by atoms with Gasteiger partial charge in [0.1, 0.15) is 13.2 Å². The molecule has 0 aliphatic carbocycles. The van der Waals surface area contributed by atoms with E-state index in [4.69, 9.17) is 9.05 Å². The first kappa shape index (κ1) is 75.9. The second-order valence-electron chi connectivity index (χ2n) is 23.8. The summed E-state index contributed by atoms with van der Waals surface area (Å²) in [5.41, 5.74) is 0. The molecule has 1 amide bonds. The molecule has 0 aromatic rings. The van der Waals surface area contributed by atoms with Gasteiger partial charge in [-0.2, -0.15) is 0 Å². The smallest absolute Gasteiger partial charge is 0.268 e. The predicted octanol–water partition coefficient (Wildman–Crippen LogP) is 20.4. The highest BCUT2D eigenvalue weighted by Crippen LogP contribution is 2.38. The standard InChI is InChI=1S/C69H129N2O6P/c1-6-8-10-12-14-16-18-20-22-24-26-28-30-32-33-34-35-36-37-39-40-42-44-46-48-50-52-54-56-58-60-62-68(72)67(66-77-78(74,75)76-65-64-71(3,4)5)70-69(73)63-61-59-57-55-53-51-49-47-45-43-41-38-31-29-27-25-23-21-19-17-15-13-11-9-7-2/h9,11,15,17,21,23,27,29,38,41,60,62,67-68,72H,6-8,10,12-14,16,18-20,22,24-26,28,30-37,39-40,42-59,61,63-66H2,1-5H3,(H-,70,73,74,75)/b11-9-,17-15-,23-21-,29-27-,41-38-,62-60+. The van der Waals surface area contributed by atoms with Crippen molar-refractivity contribution in [3.63, 3.8) is 0 Å². The molecule has 0 spiro atoms. The third kappa shape index (κ3) is 61.6. The number of rotatable bonds is 61. The highest BCUT2D eigenvalue weighted by atomic mass is 31.2. The number of hydrogen-bond acceptors (Lipinski definition) is 6. The second kappa shape index (κ2) is 59.6. The normalized spacial score (nSPS) is 14.2. The number of phosphoric acid groups is 1. The highest BCUT2D eigenvalue weighted by Gasteiger charge is 2.23. The molecule has 0 rings (SSSR count). The molecule has 2 N–H and O–H groups in total. The lowest BCUT2D eigenvalue weighted by Gasteiger charge is -2.29. The van der Waals surface area contributed by atoms with E-state index in [-0.39, 0.29) is 19.1 Å². The number of nitrogens with one attached hydrogen (secondary N) is 1. The van der Waals surface area contributed by atoms with Crippen molar-refractivity contribution in [3.8, 4) is 0 Å². The summed E-state index contributed by atoms with van der Waals surface area (Å²) in [6.07, 6.45) is 82.9. The molecule has 9 heteroatoms. The average Bonchev–Trinajstić information content (AvgIpc) is 3.41. The minimum Gasteiger partial charge on any atom is -0.756 e. The summed E-state index contributed by atoms with van der Waals surface area (Å²) in [5.74, 6) is -0.203. The molecular formula is C69H129N2O6P. The van der Waals surface area contributed by atoms with E-state index in [1.54, 1.807) is 6.08 Å². The Balaban J connectivity index is 4.12.